The number of benzene rings is 2. The molecule has 0 radical (unpaired) electrons. The zero-order valence-corrected chi connectivity index (χ0v) is 21.2. The number of fused-ring (bicyclic) bond motifs is 2. The number of aryl methyl sites for hydroxylation is 2. The van der Waals surface area contributed by atoms with Crippen LogP contribution in [0.4, 0.5) is 17.8 Å². The Bertz CT molecular complexity index is 1120. The van der Waals surface area contributed by atoms with Gasteiger partial charge < -0.3 is 20.9 Å². The molecule has 5 rings (SSSR count). The van der Waals surface area contributed by atoms with Crippen molar-refractivity contribution < 1.29 is 0 Å². The maximum Gasteiger partial charge on any atom is 0.231 e. The molecule has 0 atom stereocenters. The summed E-state index contributed by atoms with van der Waals surface area (Å²) in [7, 11) is 0. The van der Waals surface area contributed by atoms with Crippen LogP contribution in [-0.4, -0.2) is 53.7 Å². The number of hydrogen-bond donors (Lipinski definition) is 3. The van der Waals surface area contributed by atoms with Crippen molar-refractivity contribution in [2.75, 3.05) is 48.3 Å². The van der Waals surface area contributed by atoms with E-state index in [1.54, 1.807) is 6.08 Å². The molecule has 1 aliphatic carbocycles. The lowest BCUT2D eigenvalue weighted by Gasteiger charge is -2.33. The zero-order valence-electron chi connectivity index (χ0n) is 21.2. The van der Waals surface area contributed by atoms with E-state index in [9.17, 15) is 0 Å². The van der Waals surface area contributed by atoms with Crippen molar-refractivity contribution in [3.05, 3.63) is 83.4 Å². The predicted octanol–water partition coefficient (Wildman–Crippen LogP) is 4.39. The van der Waals surface area contributed by atoms with Crippen molar-refractivity contribution in [2.24, 2.45) is 0 Å². The summed E-state index contributed by atoms with van der Waals surface area (Å²) in [6.45, 7) is 10.0. The molecule has 0 spiro atoms. The molecule has 0 unspecified atom stereocenters. The van der Waals surface area contributed by atoms with E-state index in [0.29, 0.717) is 30.4 Å². The topological polar surface area (TPSA) is 78.0 Å². The standard InChI is InChI=1S/C29H37N7/c1-3-17-31-28-33-27(30-4-2)34-29(35-28)36-18-15-23(16-19-36)32-20-26-24-11-7-5-9-21(24)13-14-22-10-6-8-12-25(22)26/h3,5-12,23,26,32H,1,4,13-20H2,2H3,(H2,30,31,33,34,35). The minimum absolute atomic E-state index is 0.391. The third kappa shape index (κ3) is 5.51. The predicted molar refractivity (Wildman–Crippen MR) is 148 cm³/mol. The Morgan fingerprint density at radius 1 is 0.889 bits per heavy atom. The highest BCUT2D eigenvalue weighted by atomic mass is 15.3. The number of piperidine rings is 1. The van der Waals surface area contributed by atoms with E-state index in [4.69, 9.17) is 0 Å². The van der Waals surface area contributed by atoms with Gasteiger partial charge in [-0.1, -0.05) is 54.6 Å². The highest BCUT2D eigenvalue weighted by molar-refractivity contribution is 5.46. The van der Waals surface area contributed by atoms with Gasteiger partial charge in [-0.05, 0) is 54.9 Å². The van der Waals surface area contributed by atoms with Gasteiger partial charge in [-0.25, -0.2) is 0 Å². The molecule has 0 saturated carbocycles. The Morgan fingerprint density at radius 3 is 2.11 bits per heavy atom. The number of rotatable bonds is 9. The van der Waals surface area contributed by atoms with Gasteiger partial charge in [0.1, 0.15) is 0 Å². The summed E-state index contributed by atoms with van der Waals surface area (Å²) in [4.78, 5) is 16.1. The molecular formula is C29H37N7. The smallest absolute Gasteiger partial charge is 0.231 e. The molecule has 3 aromatic rings. The van der Waals surface area contributed by atoms with Gasteiger partial charge in [0.25, 0.3) is 0 Å². The maximum absolute atomic E-state index is 4.67. The Kier molecular flexibility index (Phi) is 7.76. The van der Waals surface area contributed by atoms with Gasteiger partial charge in [-0.3, -0.25) is 0 Å². The van der Waals surface area contributed by atoms with E-state index >= 15 is 0 Å². The van der Waals surface area contributed by atoms with Crippen molar-refractivity contribution in [3.8, 4) is 0 Å². The van der Waals surface area contributed by atoms with Crippen molar-refractivity contribution in [3.63, 3.8) is 0 Å². The second-order valence-electron chi connectivity index (χ2n) is 9.60. The number of anilines is 3. The SMILES string of the molecule is C=CCNc1nc(NCC)nc(N2CCC(NCC3c4ccccc4CCc4ccccc43)CC2)n1. The number of hydrogen-bond acceptors (Lipinski definition) is 7. The van der Waals surface area contributed by atoms with Crippen molar-refractivity contribution >= 4 is 17.8 Å². The molecule has 7 nitrogen and oxygen atoms in total. The molecular weight excluding hydrogens is 446 g/mol. The van der Waals surface area contributed by atoms with E-state index < -0.39 is 0 Å². The van der Waals surface area contributed by atoms with E-state index in [1.807, 2.05) is 6.92 Å². The Morgan fingerprint density at radius 2 is 1.50 bits per heavy atom. The summed E-state index contributed by atoms with van der Waals surface area (Å²) in [5.74, 6) is 2.32. The van der Waals surface area contributed by atoms with Gasteiger partial charge in [0.2, 0.25) is 17.8 Å². The van der Waals surface area contributed by atoms with Crippen LogP contribution in [0.15, 0.2) is 61.2 Å². The summed E-state index contributed by atoms with van der Waals surface area (Å²) < 4.78 is 0. The average molecular weight is 484 g/mol. The Hall–Kier alpha value is -3.45. The lowest BCUT2D eigenvalue weighted by atomic mass is 9.87. The molecule has 36 heavy (non-hydrogen) atoms. The van der Waals surface area contributed by atoms with Gasteiger partial charge in [0.15, 0.2) is 0 Å². The highest BCUT2D eigenvalue weighted by Gasteiger charge is 2.26. The largest absolute Gasteiger partial charge is 0.354 e. The first-order valence-electron chi connectivity index (χ1n) is 13.2. The summed E-state index contributed by atoms with van der Waals surface area (Å²) in [5.41, 5.74) is 5.94. The van der Waals surface area contributed by atoms with E-state index in [-0.39, 0.29) is 0 Å². The van der Waals surface area contributed by atoms with Gasteiger partial charge in [0, 0.05) is 44.7 Å². The van der Waals surface area contributed by atoms with Gasteiger partial charge >= 0.3 is 0 Å². The molecule has 0 bridgehead atoms. The molecule has 1 aromatic heterocycles. The molecule has 3 N–H and O–H groups in total. The van der Waals surface area contributed by atoms with Crippen LogP contribution in [0.5, 0.6) is 0 Å². The highest BCUT2D eigenvalue weighted by Crippen LogP contribution is 2.34. The third-order valence-corrected chi connectivity index (χ3v) is 7.28. The lowest BCUT2D eigenvalue weighted by molar-refractivity contribution is 0.407. The van der Waals surface area contributed by atoms with E-state index in [0.717, 1.165) is 57.8 Å². The fraction of sp³-hybridized carbons (Fsp3) is 0.414. The monoisotopic (exact) mass is 483 g/mol. The van der Waals surface area contributed by atoms with E-state index in [2.05, 4.69) is 90.9 Å². The second kappa shape index (κ2) is 11.5. The number of nitrogens with one attached hydrogen (secondary N) is 3. The minimum atomic E-state index is 0.391. The minimum Gasteiger partial charge on any atom is -0.354 e. The molecule has 0 amide bonds. The van der Waals surface area contributed by atoms with Crippen LogP contribution in [0.1, 0.15) is 47.9 Å². The molecule has 1 saturated heterocycles. The lowest BCUT2D eigenvalue weighted by Crippen LogP contribution is -2.44. The second-order valence-corrected chi connectivity index (χ2v) is 9.60. The van der Waals surface area contributed by atoms with Crippen LogP contribution in [0.25, 0.3) is 0 Å². The molecule has 2 aliphatic rings. The first kappa shape index (κ1) is 24.3. The molecule has 2 aromatic carbocycles. The van der Waals surface area contributed by atoms with Crippen LogP contribution in [0.3, 0.4) is 0 Å². The van der Waals surface area contributed by atoms with Gasteiger partial charge in [-0.15, -0.1) is 6.58 Å². The van der Waals surface area contributed by atoms with Crippen molar-refractivity contribution in [1.82, 2.24) is 20.3 Å². The van der Waals surface area contributed by atoms with Crippen molar-refractivity contribution in [1.29, 1.82) is 0 Å². The number of aromatic nitrogens is 3. The molecule has 7 heteroatoms. The molecule has 2 heterocycles. The first-order valence-corrected chi connectivity index (χ1v) is 13.2. The van der Waals surface area contributed by atoms with Crippen LogP contribution in [0, 0.1) is 0 Å². The first-order chi connectivity index (χ1) is 17.7. The Labute approximate surface area is 214 Å². The summed E-state index contributed by atoms with van der Waals surface area (Å²) in [6, 6.07) is 18.5. The summed E-state index contributed by atoms with van der Waals surface area (Å²) >= 11 is 0. The van der Waals surface area contributed by atoms with Crippen LogP contribution < -0.4 is 20.9 Å². The van der Waals surface area contributed by atoms with Crippen LogP contribution in [0.2, 0.25) is 0 Å². The fourth-order valence-corrected chi connectivity index (χ4v) is 5.41. The van der Waals surface area contributed by atoms with Crippen LogP contribution in [-0.2, 0) is 12.8 Å². The third-order valence-electron chi connectivity index (χ3n) is 7.28. The molecule has 1 aliphatic heterocycles. The van der Waals surface area contributed by atoms with E-state index in [1.165, 1.54) is 22.3 Å². The van der Waals surface area contributed by atoms with Crippen molar-refractivity contribution in [2.45, 2.75) is 44.6 Å². The maximum atomic E-state index is 4.67. The van der Waals surface area contributed by atoms with Crippen LogP contribution >= 0.6 is 0 Å². The summed E-state index contributed by atoms with van der Waals surface area (Å²) in [6.07, 6.45) is 6.17. The van der Waals surface area contributed by atoms with Gasteiger partial charge in [0.05, 0.1) is 0 Å². The average Bonchev–Trinajstić information content (AvgIpc) is 3.08. The zero-order chi connectivity index (χ0) is 24.7. The molecule has 188 valence electrons. The fourth-order valence-electron chi connectivity index (χ4n) is 5.41. The molecule has 1 fully saturated rings. The quantitative estimate of drug-likeness (QED) is 0.390. The normalized spacial score (nSPS) is 16.1. The summed E-state index contributed by atoms with van der Waals surface area (Å²) in [5, 5.41) is 10.4. The Balaban J connectivity index is 1.25. The van der Waals surface area contributed by atoms with Gasteiger partial charge in [-0.2, -0.15) is 15.0 Å². The number of nitrogens with zero attached hydrogens (tertiary/aromatic N) is 4.